The highest BCUT2D eigenvalue weighted by Crippen LogP contribution is 2.41. The highest BCUT2D eigenvalue weighted by Gasteiger charge is 2.32. The van der Waals surface area contributed by atoms with Crippen LogP contribution in [-0.2, 0) is 10.0 Å². The Morgan fingerprint density at radius 1 is 1.00 bits per heavy atom. The van der Waals surface area contributed by atoms with Gasteiger partial charge in [-0.15, -0.1) is 0 Å². The van der Waals surface area contributed by atoms with Gasteiger partial charge in [0.15, 0.2) is 0 Å². The summed E-state index contributed by atoms with van der Waals surface area (Å²) in [5.74, 6) is 0. The van der Waals surface area contributed by atoms with Crippen LogP contribution in [0.1, 0.15) is 5.56 Å². The first-order valence-electron chi connectivity index (χ1n) is 6.86. The van der Waals surface area contributed by atoms with E-state index in [9.17, 15) is 21.6 Å². The summed E-state index contributed by atoms with van der Waals surface area (Å²) in [7, 11) is -3.98. The van der Waals surface area contributed by atoms with Gasteiger partial charge < -0.3 is 0 Å². The van der Waals surface area contributed by atoms with Gasteiger partial charge in [0, 0.05) is 16.5 Å². The number of fused-ring (bicyclic) bond motifs is 1. The molecule has 0 fully saturated rings. The summed E-state index contributed by atoms with van der Waals surface area (Å²) >= 11 is -0.320. The largest absolute Gasteiger partial charge is 0.446 e. The lowest BCUT2D eigenvalue weighted by Crippen LogP contribution is -2.11. The first-order valence-corrected chi connectivity index (χ1v) is 9.12. The van der Waals surface area contributed by atoms with E-state index in [1.54, 1.807) is 24.3 Å². The van der Waals surface area contributed by atoms with E-state index >= 15 is 0 Å². The Morgan fingerprint density at radius 2 is 1.62 bits per heavy atom. The summed E-state index contributed by atoms with van der Waals surface area (Å²) in [4.78, 5) is -0.119. The third-order valence-corrected chi connectivity index (χ3v) is 5.91. The number of hydrogen-bond acceptors (Lipinski definition) is 3. The van der Waals surface area contributed by atoms with Crippen molar-refractivity contribution in [3.05, 3.63) is 60.3 Å². The van der Waals surface area contributed by atoms with E-state index in [0.29, 0.717) is 0 Å². The quantitative estimate of drug-likeness (QED) is 0.621. The number of aromatic nitrogens is 1. The molecule has 0 atom stereocenters. The van der Waals surface area contributed by atoms with Gasteiger partial charge >= 0.3 is 5.51 Å². The fraction of sp³-hybridized carbons (Fsp3) is 0.125. The minimum Gasteiger partial charge on any atom is -0.240 e. The number of halogens is 3. The highest BCUT2D eigenvalue weighted by atomic mass is 32.2. The zero-order valence-corrected chi connectivity index (χ0v) is 14.0. The first-order chi connectivity index (χ1) is 11.2. The lowest BCUT2D eigenvalue weighted by molar-refractivity contribution is -0.0327. The second-order valence-electron chi connectivity index (χ2n) is 5.17. The molecular formula is C16H12F3NO2S2. The maximum absolute atomic E-state index is 12.8. The second-order valence-corrected chi connectivity index (χ2v) is 8.09. The summed E-state index contributed by atoms with van der Waals surface area (Å²) in [6.45, 7) is 1.82. The Labute approximate surface area is 141 Å². The Balaban J connectivity index is 2.21. The maximum atomic E-state index is 12.8. The topological polar surface area (TPSA) is 39.1 Å². The van der Waals surface area contributed by atoms with Crippen LogP contribution in [0.15, 0.2) is 64.5 Å². The Hall–Kier alpha value is -1.93. The van der Waals surface area contributed by atoms with Crippen LogP contribution in [0.2, 0.25) is 0 Å². The van der Waals surface area contributed by atoms with Crippen molar-refractivity contribution in [1.29, 1.82) is 0 Å². The molecule has 0 radical (unpaired) electrons. The average molecular weight is 371 g/mol. The third kappa shape index (κ3) is 3.16. The number of nitrogens with zero attached hydrogens (tertiary/aromatic N) is 1. The van der Waals surface area contributed by atoms with Crippen molar-refractivity contribution in [2.24, 2.45) is 0 Å². The van der Waals surface area contributed by atoms with Gasteiger partial charge in [-0.1, -0.05) is 35.9 Å². The summed E-state index contributed by atoms with van der Waals surface area (Å²) < 4.78 is 64.8. The Kier molecular flexibility index (Phi) is 4.13. The van der Waals surface area contributed by atoms with Gasteiger partial charge in [-0.05, 0) is 36.9 Å². The molecule has 0 amide bonds. The molecule has 0 spiro atoms. The van der Waals surface area contributed by atoms with Crippen LogP contribution >= 0.6 is 11.8 Å². The van der Waals surface area contributed by atoms with E-state index < -0.39 is 15.5 Å². The fourth-order valence-corrected chi connectivity index (χ4v) is 4.47. The van der Waals surface area contributed by atoms with Crippen LogP contribution in [-0.4, -0.2) is 17.9 Å². The number of benzene rings is 2. The number of alkyl halides is 3. The van der Waals surface area contributed by atoms with Gasteiger partial charge in [-0.2, -0.15) is 13.2 Å². The van der Waals surface area contributed by atoms with Crippen molar-refractivity contribution in [3.63, 3.8) is 0 Å². The van der Waals surface area contributed by atoms with Crippen molar-refractivity contribution in [1.82, 2.24) is 3.97 Å². The van der Waals surface area contributed by atoms with E-state index in [4.69, 9.17) is 0 Å². The lowest BCUT2D eigenvalue weighted by atomic mass is 10.2. The monoisotopic (exact) mass is 371 g/mol. The number of para-hydroxylation sites is 1. The van der Waals surface area contributed by atoms with Crippen LogP contribution in [0, 0.1) is 6.92 Å². The molecule has 0 saturated carbocycles. The van der Waals surface area contributed by atoms with Gasteiger partial charge in [0.25, 0.3) is 10.0 Å². The number of aryl methyl sites for hydroxylation is 1. The molecule has 0 aliphatic rings. The summed E-state index contributed by atoms with van der Waals surface area (Å²) in [6, 6.07) is 12.3. The summed E-state index contributed by atoms with van der Waals surface area (Å²) in [5.41, 5.74) is -3.40. The van der Waals surface area contributed by atoms with Crippen LogP contribution in [0.25, 0.3) is 10.9 Å². The van der Waals surface area contributed by atoms with Crippen LogP contribution < -0.4 is 0 Å². The third-order valence-electron chi connectivity index (χ3n) is 3.44. The normalized spacial score (nSPS) is 12.7. The number of hydrogen-bond donors (Lipinski definition) is 0. The van der Waals surface area contributed by atoms with E-state index in [0.717, 1.165) is 15.7 Å². The van der Waals surface area contributed by atoms with Crippen molar-refractivity contribution >= 4 is 32.7 Å². The molecule has 0 saturated heterocycles. The smallest absolute Gasteiger partial charge is 0.240 e. The summed E-state index contributed by atoms with van der Waals surface area (Å²) in [6.07, 6.45) is 1.03. The standard InChI is InChI=1S/C16H12F3NO2S2/c1-11-6-8-12(9-7-11)24(21,22)20-10-15(23-16(17,18)19)13-4-2-3-5-14(13)20/h2-10H,1H3. The molecule has 24 heavy (non-hydrogen) atoms. The molecule has 0 bridgehead atoms. The minimum atomic E-state index is -4.50. The van der Waals surface area contributed by atoms with E-state index in [2.05, 4.69) is 0 Å². The van der Waals surface area contributed by atoms with Crippen molar-refractivity contribution in [2.75, 3.05) is 0 Å². The maximum Gasteiger partial charge on any atom is 0.446 e. The van der Waals surface area contributed by atoms with Crippen molar-refractivity contribution < 1.29 is 21.6 Å². The Morgan fingerprint density at radius 3 is 2.25 bits per heavy atom. The number of rotatable bonds is 3. The van der Waals surface area contributed by atoms with Crippen molar-refractivity contribution in [2.45, 2.75) is 22.2 Å². The molecular weight excluding hydrogens is 359 g/mol. The van der Waals surface area contributed by atoms with E-state index in [1.165, 1.54) is 24.3 Å². The molecule has 0 aliphatic carbocycles. The van der Waals surface area contributed by atoms with Gasteiger partial charge in [-0.3, -0.25) is 0 Å². The molecule has 3 nitrogen and oxygen atoms in total. The predicted octanol–water partition coefficient (Wildman–Crippen LogP) is 4.80. The lowest BCUT2D eigenvalue weighted by Gasteiger charge is -2.07. The number of thioether (sulfide) groups is 1. The second kappa shape index (κ2) is 5.86. The van der Waals surface area contributed by atoms with Crippen LogP contribution in [0.3, 0.4) is 0 Å². The molecule has 0 aliphatic heterocycles. The van der Waals surface area contributed by atoms with Crippen LogP contribution in [0.5, 0.6) is 0 Å². The van der Waals surface area contributed by atoms with Crippen LogP contribution in [0.4, 0.5) is 13.2 Å². The van der Waals surface area contributed by atoms with Crippen molar-refractivity contribution in [3.8, 4) is 0 Å². The van der Waals surface area contributed by atoms with E-state index in [-0.39, 0.29) is 32.5 Å². The molecule has 3 rings (SSSR count). The minimum absolute atomic E-state index is 0.0254. The average Bonchev–Trinajstić information content (AvgIpc) is 2.86. The molecule has 1 aromatic heterocycles. The molecule has 2 aromatic carbocycles. The fourth-order valence-electron chi connectivity index (χ4n) is 2.35. The van der Waals surface area contributed by atoms with Gasteiger partial charge in [-0.25, -0.2) is 12.4 Å². The van der Waals surface area contributed by atoms with Gasteiger partial charge in [0.1, 0.15) is 0 Å². The van der Waals surface area contributed by atoms with E-state index in [1.807, 2.05) is 6.92 Å². The highest BCUT2D eigenvalue weighted by molar-refractivity contribution is 8.00. The molecule has 8 heteroatoms. The predicted molar refractivity (Wildman–Crippen MR) is 87.6 cm³/mol. The molecule has 126 valence electrons. The first kappa shape index (κ1) is 16.9. The Bertz CT molecular complexity index is 990. The SMILES string of the molecule is Cc1ccc(S(=O)(=O)n2cc(SC(F)(F)F)c3ccccc32)cc1. The van der Waals surface area contributed by atoms with Gasteiger partial charge in [0.2, 0.25) is 0 Å². The molecule has 3 aromatic rings. The molecule has 0 N–H and O–H groups in total. The zero-order valence-electron chi connectivity index (χ0n) is 12.4. The zero-order chi connectivity index (χ0) is 17.5. The molecule has 1 heterocycles. The summed E-state index contributed by atoms with van der Waals surface area (Å²) in [5, 5.41) is 0.246. The van der Waals surface area contributed by atoms with Gasteiger partial charge in [0.05, 0.1) is 10.4 Å². The molecule has 0 unspecified atom stereocenters.